The number of anilines is 1. The Morgan fingerprint density at radius 1 is 1.21 bits per heavy atom. The summed E-state index contributed by atoms with van der Waals surface area (Å²) in [5.41, 5.74) is 1.39. The highest BCUT2D eigenvalue weighted by molar-refractivity contribution is 5.56. The van der Waals surface area contributed by atoms with Crippen LogP contribution in [-0.4, -0.2) is 41.6 Å². The Balaban J connectivity index is 1.81. The molecule has 1 heterocycles. The van der Waals surface area contributed by atoms with Gasteiger partial charge < -0.3 is 20.4 Å². The van der Waals surface area contributed by atoms with Gasteiger partial charge in [0.1, 0.15) is 5.82 Å². The lowest BCUT2D eigenvalue weighted by molar-refractivity contribution is 0.0572. The van der Waals surface area contributed by atoms with Gasteiger partial charge in [-0.05, 0) is 24.5 Å². The fourth-order valence-corrected chi connectivity index (χ4v) is 2.55. The third kappa shape index (κ3) is 2.73. The lowest BCUT2D eigenvalue weighted by Crippen LogP contribution is -2.25. The van der Waals surface area contributed by atoms with E-state index in [1.807, 2.05) is 6.07 Å². The Hall–Kier alpha value is -1.17. The first-order valence-corrected chi connectivity index (χ1v) is 6.77. The summed E-state index contributed by atoms with van der Waals surface area (Å²) >= 11 is 0. The zero-order valence-corrected chi connectivity index (χ0v) is 10.7. The Morgan fingerprint density at radius 2 is 1.89 bits per heavy atom. The molecule has 0 spiro atoms. The molecular weight excluding hydrogens is 247 g/mol. The van der Waals surface area contributed by atoms with E-state index in [0.717, 1.165) is 5.56 Å². The largest absolute Gasteiger partial charge is 0.389 e. The second-order valence-electron chi connectivity index (χ2n) is 5.44. The molecule has 3 N–H and O–H groups in total. The van der Waals surface area contributed by atoms with Crippen molar-refractivity contribution in [3.8, 4) is 0 Å². The van der Waals surface area contributed by atoms with Crippen molar-refractivity contribution in [2.75, 3.05) is 18.0 Å². The van der Waals surface area contributed by atoms with Crippen molar-refractivity contribution in [1.29, 1.82) is 0 Å². The minimum Gasteiger partial charge on any atom is -0.389 e. The van der Waals surface area contributed by atoms with Crippen LogP contribution in [0.3, 0.4) is 0 Å². The van der Waals surface area contributed by atoms with Gasteiger partial charge in [0, 0.05) is 25.7 Å². The van der Waals surface area contributed by atoms with Crippen molar-refractivity contribution in [2.24, 2.45) is 0 Å². The number of aliphatic hydroxyl groups excluding tert-OH is 2. The number of nitrogens with one attached hydrogen (secondary N) is 1. The second-order valence-corrected chi connectivity index (χ2v) is 5.44. The predicted octanol–water partition coefficient (Wildman–Crippen LogP) is 0.619. The normalized spacial score (nSPS) is 27.0. The molecule has 0 amide bonds. The van der Waals surface area contributed by atoms with Gasteiger partial charge in [-0.15, -0.1) is 0 Å². The Labute approximate surface area is 111 Å². The first kappa shape index (κ1) is 12.8. The number of aliphatic hydroxyl groups is 2. The Bertz CT molecular complexity index is 455. The summed E-state index contributed by atoms with van der Waals surface area (Å²) in [6, 6.07) is 5.58. The highest BCUT2D eigenvalue weighted by Crippen LogP contribution is 2.29. The molecule has 1 aromatic carbocycles. The van der Waals surface area contributed by atoms with Crippen molar-refractivity contribution in [3.05, 3.63) is 29.6 Å². The first-order valence-electron chi connectivity index (χ1n) is 6.77. The van der Waals surface area contributed by atoms with E-state index < -0.39 is 12.2 Å². The molecule has 1 aromatic rings. The third-order valence-corrected chi connectivity index (χ3v) is 3.80. The van der Waals surface area contributed by atoms with Gasteiger partial charge in [0.05, 0.1) is 17.9 Å². The van der Waals surface area contributed by atoms with Crippen molar-refractivity contribution >= 4 is 5.69 Å². The van der Waals surface area contributed by atoms with Crippen LogP contribution in [0.5, 0.6) is 0 Å². The molecule has 2 unspecified atom stereocenters. The maximum atomic E-state index is 14.1. The number of nitrogens with zero attached hydrogens (tertiary/aromatic N) is 1. The average Bonchev–Trinajstić information content (AvgIpc) is 3.14. The highest BCUT2D eigenvalue weighted by atomic mass is 19.1. The number of β-amino-alcohol motifs (C(OH)–C–C–N with tert-alkyl or cyclic N) is 2. The van der Waals surface area contributed by atoms with Crippen LogP contribution in [0.25, 0.3) is 0 Å². The van der Waals surface area contributed by atoms with E-state index in [9.17, 15) is 14.6 Å². The quantitative estimate of drug-likeness (QED) is 0.748. The Kier molecular flexibility index (Phi) is 3.43. The van der Waals surface area contributed by atoms with E-state index in [2.05, 4.69) is 5.32 Å². The minimum absolute atomic E-state index is 0.276. The number of hydrogen-bond donors (Lipinski definition) is 3. The molecule has 2 aliphatic rings. The zero-order valence-electron chi connectivity index (χ0n) is 10.7. The molecule has 2 fully saturated rings. The lowest BCUT2D eigenvalue weighted by atomic mass is 10.1. The maximum absolute atomic E-state index is 14.1. The number of para-hydroxylation sites is 1. The lowest BCUT2D eigenvalue weighted by Gasteiger charge is -2.22. The minimum atomic E-state index is -0.802. The van der Waals surface area contributed by atoms with Crippen molar-refractivity contribution in [3.63, 3.8) is 0 Å². The molecule has 2 atom stereocenters. The van der Waals surface area contributed by atoms with E-state index in [4.69, 9.17) is 0 Å². The van der Waals surface area contributed by atoms with Gasteiger partial charge in [0.15, 0.2) is 0 Å². The summed E-state index contributed by atoms with van der Waals surface area (Å²) < 4.78 is 14.1. The summed E-state index contributed by atoms with van der Waals surface area (Å²) in [7, 11) is 0. The van der Waals surface area contributed by atoms with Gasteiger partial charge in [0.2, 0.25) is 0 Å². The average molecular weight is 266 g/mol. The first-order chi connectivity index (χ1) is 9.15. The van der Waals surface area contributed by atoms with Gasteiger partial charge in [-0.1, -0.05) is 12.1 Å². The molecule has 1 saturated carbocycles. The molecule has 0 radical (unpaired) electrons. The zero-order chi connectivity index (χ0) is 13.4. The molecule has 104 valence electrons. The molecule has 1 aliphatic carbocycles. The van der Waals surface area contributed by atoms with Crippen LogP contribution in [0.2, 0.25) is 0 Å². The second kappa shape index (κ2) is 5.07. The monoisotopic (exact) mass is 266 g/mol. The molecule has 3 rings (SSSR count). The van der Waals surface area contributed by atoms with Crippen LogP contribution in [0, 0.1) is 5.82 Å². The van der Waals surface area contributed by atoms with Crippen LogP contribution < -0.4 is 10.2 Å². The third-order valence-electron chi connectivity index (χ3n) is 3.80. The summed E-state index contributed by atoms with van der Waals surface area (Å²) in [5, 5.41) is 22.6. The molecule has 0 aromatic heterocycles. The SMILES string of the molecule is OC1CN(c2c(F)cccc2CNC2CC2)CC1O. The van der Waals surface area contributed by atoms with Crippen LogP contribution in [0.15, 0.2) is 18.2 Å². The molecule has 5 heteroatoms. The Morgan fingerprint density at radius 3 is 2.53 bits per heavy atom. The number of rotatable bonds is 4. The van der Waals surface area contributed by atoms with Gasteiger partial charge in [-0.25, -0.2) is 4.39 Å². The van der Waals surface area contributed by atoms with Gasteiger partial charge >= 0.3 is 0 Å². The van der Waals surface area contributed by atoms with Crippen LogP contribution in [-0.2, 0) is 6.54 Å². The van der Waals surface area contributed by atoms with Gasteiger partial charge in [-0.2, -0.15) is 0 Å². The van der Waals surface area contributed by atoms with Crippen molar-refractivity contribution < 1.29 is 14.6 Å². The molecule has 0 bridgehead atoms. The van der Waals surface area contributed by atoms with E-state index in [1.54, 1.807) is 11.0 Å². The summed E-state index contributed by atoms with van der Waals surface area (Å²) in [5.74, 6) is -0.295. The molecule has 1 aliphatic heterocycles. The van der Waals surface area contributed by atoms with E-state index >= 15 is 0 Å². The van der Waals surface area contributed by atoms with E-state index in [-0.39, 0.29) is 18.9 Å². The topological polar surface area (TPSA) is 55.7 Å². The van der Waals surface area contributed by atoms with Crippen molar-refractivity contribution in [2.45, 2.75) is 37.6 Å². The summed E-state index contributed by atoms with van der Waals surface area (Å²) in [6.07, 6.45) is 0.769. The maximum Gasteiger partial charge on any atom is 0.146 e. The van der Waals surface area contributed by atoms with Gasteiger partial charge in [0.25, 0.3) is 0 Å². The number of halogens is 1. The summed E-state index contributed by atoms with van der Waals surface area (Å²) in [4.78, 5) is 1.73. The molecule has 4 nitrogen and oxygen atoms in total. The molecule has 1 saturated heterocycles. The number of benzene rings is 1. The van der Waals surface area contributed by atoms with E-state index in [0.29, 0.717) is 18.3 Å². The summed E-state index contributed by atoms with van der Waals surface area (Å²) in [6.45, 7) is 1.18. The number of hydrogen-bond acceptors (Lipinski definition) is 4. The van der Waals surface area contributed by atoms with Crippen LogP contribution in [0.1, 0.15) is 18.4 Å². The van der Waals surface area contributed by atoms with Gasteiger partial charge in [-0.3, -0.25) is 0 Å². The fourth-order valence-electron chi connectivity index (χ4n) is 2.55. The molecule has 19 heavy (non-hydrogen) atoms. The van der Waals surface area contributed by atoms with Crippen LogP contribution in [0.4, 0.5) is 10.1 Å². The van der Waals surface area contributed by atoms with Crippen LogP contribution >= 0.6 is 0 Å². The smallest absolute Gasteiger partial charge is 0.146 e. The fraction of sp³-hybridized carbons (Fsp3) is 0.571. The predicted molar refractivity (Wildman–Crippen MR) is 70.5 cm³/mol. The standard InChI is InChI=1S/C14H19FN2O2/c15-11-3-1-2-9(6-16-10-4-5-10)14(11)17-7-12(18)13(19)8-17/h1-3,10,12-13,16,18-19H,4-8H2. The highest BCUT2D eigenvalue weighted by Gasteiger charge is 2.32. The molecular formula is C14H19FN2O2. The van der Waals surface area contributed by atoms with E-state index in [1.165, 1.54) is 18.9 Å². The van der Waals surface area contributed by atoms with Crippen molar-refractivity contribution in [1.82, 2.24) is 5.32 Å².